The summed E-state index contributed by atoms with van der Waals surface area (Å²) in [6.07, 6.45) is 4.36. The number of hydrogen-bond donors (Lipinski definition) is 0. The second-order valence-electron chi connectivity index (χ2n) is 4.37. The summed E-state index contributed by atoms with van der Waals surface area (Å²) in [6, 6.07) is 0. The highest BCUT2D eigenvalue weighted by Crippen LogP contribution is 2.39. The first-order valence-electron chi connectivity index (χ1n) is 4.80. The summed E-state index contributed by atoms with van der Waals surface area (Å²) >= 11 is 3.46. The minimum Gasteiger partial charge on any atom is -0.367 e. The molecule has 1 aliphatic heterocycles. The molecule has 0 bridgehead atoms. The molecule has 1 aliphatic rings. The molecule has 0 aromatic heterocycles. The van der Waals surface area contributed by atoms with Crippen LogP contribution in [0.2, 0.25) is 0 Å². The Bertz CT molecular complexity index is 145. The predicted molar refractivity (Wildman–Crippen MR) is 55.8 cm³/mol. The molecule has 2 atom stereocenters. The van der Waals surface area contributed by atoms with Gasteiger partial charge in [-0.3, -0.25) is 0 Å². The van der Waals surface area contributed by atoms with Gasteiger partial charge in [-0.2, -0.15) is 0 Å². The Morgan fingerprint density at radius 2 is 2.00 bits per heavy atom. The Kier molecular flexibility index (Phi) is 3.59. The number of ether oxygens (including phenoxy) is 1. The van der Waals surface area contributed by atoms with Crippen LogP contribution in [0.1, 0.15) is 40.0 Å². The predicted octanol–water partition coefficient (Wildman–Crippen LogP) is 3.37. The highest BCUT2D eigenvalue weighted by Gasteiger charge is 2.46. The molecule has 0 aromatic carbocycles. The molecule has 72 valence electrons. The molecule has 2 unspecified atom stereocenters. The SMILES string of the molecule is CC(CCBr)CCC1OC1(C)C. The van der Waals surface area contributed by atoms with Crippen molar-refractivity contribution in [1.29, 1.82) is 0 Å². The average molecular weight is 235 g/mol. The van der Waals surface area contributed by atoms with E-state index in [9.17, 15) is 0 Å². The van der Waals surface area contributed by atoms with Crippen molar-refractivity contribution in [2.75, 3.05) is 5.33 Å². The Morgan fingerprint density at radius 3 is 2.42 bits per heavy atom. The normalized spacial score (nSPS) is 28.5. The highest BCUT2D eigenvalue weighted by molar-refractivity contribution is 9.09. The first-order chi connectivity index (χ1) is 5.56. The lowest BCUT2D eigenvalue weighted by molar-refractivity contribution is 0.313. The summed E-state index contributed by atoms with van der Waals surface area (Å²) in [4.78, 5) is 0. The third-order valence-corrected chi connectivity index (χ3v) is 3.15. The van der Waals surface area contributed by atoms with E-state index in [1.54, 1.807) is 0 Å². The molecule has 0 radical (unpaired) electrons. The monoisotopic (exact) mass is 234 g/mol. The van der Waals surface area contributed by atoms with Gasteiger partial charge in [-0.1, -0.05) is 22.9 Å². The maximum Gasteiger partial charge on any atom is 0.0892 e. The van der Waals surface area contributed by atoms with Crippen molar-refractivity contribution in [3.05, 3.63) is 0 Å². The third-order valence-electron chi connectivity index (χ3n) is 2.69. The van der Waals surface area contributed by atoms with Crippen molar-refractivity contribution in [3.8, 4) is 0 Å². The maximum absolute atomic E-state index is 5.52. The van der Waals surface area contributed by atoms with E-state index in [0.717, 1.165) is 11.2 Å². The quantitative estimate of drug-likeness (QED) is 0.525. The zero-order valence-corrected chi connectivity index (χ0v) is 9.86. The summed E-state index contributed by atoms with van der Waals surface area (Å²) in [7, 11) is 0. The van der Waals surface area contributed by atoms with Crippen LogP contribution in [0.5, 0.6) is 0 Å². The fraction of sp³-hybridized carbons (Fsp3) is 1.00. The molecule has 0 saturated carbocycles. The molecule has 12 heavy (non-hydrogen) atoms. The van der Waals surface area contributed by atoms with E-state index in [2.05, 4.69) is 36.7 Å². The first-order valence-corrected chi connectivity index (χ1v) is 5.92. The molecule has 1 fully saturated rings. The second kappa shape index (κ2) is 4.10. The van der Waals surface area contributed by atoms with Gasteiger partial charge in [0.25, 0.3) is 0 Å². The second-order valence-corrected chi connectivity index (χ2v) is 5.16. The molecule has 2 heteroatoms. The first kappa shape index (κ1) is 10.5. The molecular formula is C10H19BrO. The minimum atomic E-state index is 0.189. The number of rotatable bonds is 5. The lowest BCUT2D eigenvalue weighted by Crippen LogP contribution is -2.05. The van der Waals surface area contributed by atoms with E-state index in [4.69, 9.17) is 4.74 Å². The van der Waals surface area contributed by atoms with Crippen LogP contribution in [0.25, 0.3) is 0 Å². The fourth-order valence-electron chi connectivity index (χ4n) is 1.51. The zero-order valence-electron chi connectivity index (χ0n) is 8.27. The van der Waals surface area contributed by atoms with Crippen LogP contribution >= 0.6 is 15.9 Å². The van der Waals surface area contributed by atoms with Crippen LogP contribution < -0.4 is 0 Å². The molecule has 0 aromatic rings. The molecule has 0 spiro atoms. The van der Waals surface area contributed by atoms with E-state index in [1.807, 2.05) is 0 Å². The highest BCUT2D eigenvalue weighted by atomic mass is 79.9. The van der Waals surface area contributed by atoms with Gasteiger partial charge in [0.15, 0.2) is 0 Å². The maximum atomic E-state index is 5.52. The van der Waals surface area contributed by atoms with Crippen molar-refractivity contribution in [1.82, 2.24) is 0 Å². The lowest BCUT2D eigenvalue weighted by atomic mass is 9.98. The minimum absolute atomic E-state index is 0.189. The number of halogens is 1. The molecule has 1 rings (SSSR count). The molecular weight excluding hydrogens is 216 g/mol. The summed E-state index contributed by atoms with van der Waals surface area (Å²) in [5.74, 6) is 0.837. The van der Waals surface area contributed by atoms with Crippen molar-refractivity contribution < 1.29 is 4.74 Å². The third kappa shape index (κ3) is 3.06. The Labute approximate surface area is 84.0 Å². The Hall–Kier alpha value is 0.440. The van der Waals surface area contributed by atoms with Gasteiger partial charge in [0.05, 0.1) is 11.7 Å². The Morgan fingerprint density at radius 1 is 1.42 bits per heavy atom. The van der Waals surface area contributed by atoms with Gasteiger partial charge in [0, 0.05) is 5.33 Å². The number of epoxide rings is 1. The largest absolute Gasteiger partial charge is 0.367 e. The van der Waals surface area contributed by atoms with Gasteiger partial charge in [0.1, 0.15) is 0 Å². The van der Waals surface area contributed by atoms with Crippen LogP contribution in [-0.4, -0.2) is 17.0 Å². The van der Waals surface area contributed by atoms with Crippen LogP contribution in [-0.2, 0) is 4.74 Å². The van der Waals surface area contributed by atoms with Crippen LogP contribution in [0.3, 0.4) is 0 Å². The number of alkyl halides is 1. The van der Waals surface area contributed by atoms with E-state index < -0.39 is 0 Å². The van der Waals surface area contributed by atoms with Gasteiger partial charge >= 0.3 is 0 Å². The molecule has 1 nitrogen and oxygen atoms in total. The Balaban J connectivity index is 2.03. The fourth-order valence-corrected chi connectivity index (χ4v) is 2.29. The van der Waals surface area contributed by atoms with Crippen molar-refractivity contribution in [2.24, 2.45) is 5.92 Å². The van der Waals surface area contributed by atoms with Crippen molar-refractivity contribution in [3.63, 3.8) is 0 Å². The van der Waals surface area contributed by atoms with E-state index in [0.29, 0.717) is 6.10 Å². The smallest absolute Gasteiger partial charge is 0.0892 e. The standard InChI is InChI=1S/C10H19BrO/c1-8(6-7-11)4-5-9-10(2,3)12-9/h8-9H,4-7H2,1-3H3. The van der Waals surface area contributed by atoms with Gasteiger partial charge in [-0.05, 0) is 39.0 Å². The molecule has 0 aliphatic carbocycles. The van der Waals surface area contributed by atoms with E-state index >= 15 is 0 Å². The lowest BCUT2D eigenvalue weighted by Gasteiger charge is -2.07. The zero-order chi connectivity index (χ0) is 9.19. The summed E-state index contributed by atoms with van der Waals surface area (Å²) in [5.41, 5.74) is 0.189. The van der Waals surface area contributed by atoms with Crippen LogP contribution in [0.15, 0.2) is 0 Å². The van der Waals surface area contributed by atoms with Gasteiger partial charge in [-0.15, -0.1) is 0 Å². The topological polar surface area (TPSA) is 12.5 Å². The molecule has 0 amide bonds. The molecule has 1 heterocycles. The van der Waals surface area contributed by atoms with Crippen molar-refractivity contribution >= 4 is 15.9 Å². The van der Waals surface area contributed by atoms with E-state index in [-0.39, 0.29) is 5.60 Å². The van der Waals surface area contributed by atoms with Gasteiger partial charge in [0.2, 0.25) is 0 Å². The van der Waals surface area contributed by atoms with Gasteiger partial charge < -0.3 is 4.74 Å². The summed E-state index contributed by atoms with van der Waals surface area (Å²) in [6.45, 7) is 6.66. The molecule has 1 saturated heterocycles. The summed E-state index contributed by atoms with van der Waals surface area (Å²) in [5, 5.41) is 1.13. The summed E-state index contributed by atoms with van der Waals surface area (Å²) < 4.78 is 5.52. The van der Waals surface area contributed by atoms with E-state index in [1.165, 1.54) is 19.3 Å². The number of hydrogen-bond acceptors (Lipinski definition) is 1. The molecule has 0 N–H and O–H groups in total. The van der Waals surface area contributed by atoms with Crippen molar-refractivity contribution in [2.45, 2.75) is 51.7 Å². The van der Waals surface area contributed by atoms with Gasteiger partial charge in [-0.25, -0.2) is 0 Å². The van der Waals surface area contributed by atoms with Crippen LogP contribution in [0.4, 0.5) is 0 Å². The average Bonchev–Trinajstić information content (AvgIpc) is 2.56. The van der Waals surface area contributed by atoms with Crippen LogP contribution in [0, 0.1) is 5.92 Å².